The highest BCUT2D eigenvalue weighted by Gasteiger charge is 2.28. The zero-order chi connectivity index (χ0) is 14.7. The smallest absolute Gasteiger partial charge is 0.311 e. The second-order valence-electron chi connectivity index (χ2n) is 5.05. The molecule has 0 aliphatic rings. The van der Waals surface area contributed by atoms with Gasteiger partial charge in [-0.3, -0.25) is 4.79 Å². The van der Waals surface area contributed by atoms with Crippen molar-refractivity contribution in [3.05, 3.63) is 35.9 Å². The van der Waals surface area contributed by atoms with Crippen LogP contribution in [0.5, 0.6) is 0 Å². The van der Waals surface area contributed by atoms with E-state index in [2.05, 4.69) is 6.92 Å². The molecule has 0 aromatic heterocycles. The highest BCUT2D eigenvalue weighted by molar-refractivity contribution is 5.75. The fraction of sp³-hybridized carbons (Fsp3) is 0.588. The molecule has 0 bridgehead atoms. The van der Waals surface area contributed by atoms with Gasteiger partial charge in [0.1, 0.15) is 6.61 Å². The third-order valence-corrected chi connectivity index (χ3v) is 2.92. The van der Waals surface area contributed by atoms with Crippen molar-refractivity contribution in [3.8, 4) is 0 Å². The minimum Gasteiger partial charge on any atom is -0.460 e. The van der Waals surface area contributed by atoms with Gasteiger partial charge in [-0.15, -0.1) is 0 Å². The van der Waals surface area contributed by atoms with Gasteiger partial charge in [0, 0.05) is 0 Å². The van der Waals surface area contributed by atoms with Crippen LogP contribution in [0.15, 0.2) is 30.3 Å². The van der Waals surface area contributed by atoms with E-state index < -0.39 is 0 Å². The van der Waals surface area contributed by atoms with Crippen molar-refractivity contribution in [3.63, 3.8) is 0 Å². The maximum Gasteiger partial charge on any atom is 0.311 e. The molecule has 0 atom stereocenters. The molecule has 1 rings (SSSR count). The third-order valence-electron chi connectivity index (χ3n) is 2.92. The van der Waals surface area contributed by atoms with E-state index >= 15 is 0 Å². The highest BCUT2D eigenvalue weighted by Crippen LogP contribution is 2.25. The third kappa shape index (κ3) is 7.00. The lowest BCUT2D eigenvalue weighted by molar-refractivity contribution is -0.155. The van der Waals surface area contributed by atoms with Gasteiger partial charge < -0.3 is 4.74 Å². The molecule has 0 aliphatic carbocycles. The number of carbonyl (C=O) groups is 1. The average molecular weight is 264 g/mol. The van der Waals surface area contributed by atoms with Gasteiger partial charge >= 0.3 is 5.97 Å². The summed E-state index contributed by atoms with van der Waals surface area (Å²) in [7, 11) is 0. The van der Waals surface area contributed by atoms with Gasteiger partial charge in [-0.1, -0.05) is 63.9 Å². The monoisotopic (exact) mass is 264 g/mol. The highest BCUT2D eigenvalue weighted by atomic mass is 16.5. The standard InChI is InChI=1S/C15H22O2.C2H6/c1-4-5-11-15(2,3)14(16)17-12-13-9-7-6-8-10-13;1-2/h6-10H,4-5,11-12H2,1-3H3;1-2H3. The average Bonchev–Trinajstić information content (AvgIpc) is 2.45. The minimum atomic E-state index is -0.370. The molecule has 0 unspecified atom stereocenters. The second kappa shape index (κ2) is 9.60. The number of unbranched alkanes of at least 4 members (excludes halogenated alkanes) is 1. The molecule has 0 radical (unpaired) electrons. The van der Waals surface area contributed by atoms with Crippen molar-refractivity contribution < 1.29 is 9.53 Å². The number of hydrogen-bond donors (Lipinski definition) is 0. The summed E-state index contributed by atoms with van der Waals surface area (Å²) < 4.78 is 5.35. The van der Waals surface area contributed by atoms with Gasteiger partial charge in [0.25, 0.3) is 0 Å². The number of esters is 1. The van der Waals surface area contributed by atoms with E-state index in [1.165, 1.54) is 0 Å². The van der Waals surface area contributed by atoms with Gasteiger partial charge in [0.15, 0.2) is 0 Å². The molecule has 108 valence electrons. The molecular formula is C17H28O2. The summed E-state index contributed by atoms with van der Waals surface area (Å²) in [5, 5.41) is 0. The summed E-state index contributed by atoms with van der Waals surface area (Å²) in [5.41, 5.74) is 0.664. The minimum absolute atomic E-state index is 0.102. The Morgan fingerprint density at radius 3 is 2.26 bits per heavy atom. The van der Waals surface area contributed by atoms with Crippen LogP contribution in [0.3, 0.4) is 0 Å². The van der Waals surface area contributed by atoms with Gasteiger partial charge in [0.05, 0.1) is 5.41 Å². The molecule has 0 fully saturated rings. The van der Waals surface area contributed by atoms with E-state index in [1.807, 2.05) is 58.0 Å². The molecule has 1 aromatic rings. The summed E-state index contributed by atoms with van der Waals surface area (Å²) in [6, 6.07) is 9.78. The molecular weight excluding hydrogens is 236 g/mol. The molecule has 1 aromatic carbocycles. The molecule has 0 saturated carbocycles. The molecule has 0 saturated heterocycles. The Balaban J connectivity index is 0.00000154. The van der Waals surface area contributed by atoms with E-state index in [1.54, 1.807) is 0 Å². The summed E-state index contributed by atoms with van der Waals surface area (Å²) in [4.78, 5) is 11.9. The van der Waals surface area contributed by atoms with Crippen LogP contribution in [-0.4, -0.2) is 5.97 Å². The Morgan fingerprint density at radius 1 is 1.16 bits per heavy atom. The first-order valence-corrected chi connectivity index (χ1v) is 7.27. The molecule has 0 heterocycles. The lowest BCUT2D eigenvalue weighted by Gasteiger charge is -2.22. The number of ether oxygens (including phenoxy) is 1. The first-order valence-electron chi connectivity index (χ1n) is 7.27. The van der Waals surface area contributed by atoms with Gasteiger partial charge in [-0.05, 0) is 25.8 Å². The zero-order valence-electron chi connectivity index (χ0n) is 13.0. The lowest BCUT2D eigenvalue weighted by atomic mass is 9.87. The Labute approximate surface area is 118 Å². The lowest BCUT2D eigenvalue weighted by Crippen LogP contribution is -2.26. The van der Waals surface area contributed by atoms with Crippen LogP contribution in [0.1, 0.15) is 59.4 Å². The molecule has 0 spiro atoms. The van der Waals surface area contributed by atoms with Crippen molar-refractivity contribution in [2.75, 3.05) is 0 Å². The quantitative estimate of drug-likeness (QED) is 0.678. The van der Waals surface area contributed by atoms with Crippen LogP contribution >= 0.6 is 0 Å². The number of hydrogen-bond acceptors (Lipinski definition) is 2. The van der Waals surface area contributed by atoms with E-state index in [0.717, 1.165) is 24.8 Å². The van der Waals surface area contributed by atoms with Crippen molar-refractivity contribution in [1.82, 2.24) is 0 Å². The molecule has 0 amide bonds. The van der Waals surface area contributed by atoms with E-state index in [0.29, 0.717) is 6.61 Å². The first-order chi connectivity index (χ1) is 9.06. The Kier molecular flexibility index (Phi) is 8.94. The van der Waals surface area contributed by atoms with Crippen LogP contribution in [0.25, 0.3) is 0 Å². The van der Waals surface area contributed by atoms with Gasteiger partial charge in [-0.2, -0.15) is 0 Å². The Bertz CT molecular complexity index is 342. The topological polar surface area (TPSA) is 26.3 Å². The van der Waals surface area contributed by atoms with E-state index in [9.17, 15) is 4.79 Å². The maximum atomic E-state index is 11.9. The molecule has 19 heavy (non-hydrogen) atoms. The predicted octanol–water partition coefficient (Wildman–Crippen LogP) is 4.97. The van der Waals surface area contributed by atoms with E-state index in [4.69, 9.17) is 4.74 Å². The Morgan fingerprint density at radius 2 is 1.74 bits per heavy atom. The molecule has 0 aliphatic heterocycles. The molecule has 0 N–H and O–H groups in total. The van der Waals surface area contributed by atoms with Crippen LogP contribution in [-0.2, 0) is 16.1 Å². The first kappa shape index (κ1) is 17.7. The second-order valence-corrected chi connectivity index (χ2v) is 5.05. The molecule has 2 nitrogen and oxygen atoms in total. The summed E-state index contributed by atoms with van der Waals surface area (Å²) >= 11 is 0. The Hall–Kier alpha value is -1.31. The van der Waals surface area contributed by atoms with Gasteiger partial charge in [-0.25, -0.2) is 0 Å². The van der Waals surface area contributed by atoms with Crippen molar-refractivity contribution >= 4 is 5.97 Å². The molecule has 2 heteroatoms. The van der Waals surface area contributed by atoms with Crippen LogP contribution in [0.4, 0.5) is 0 Å². The number of rotatable bonds is 6. The summed E-state index contributed by atoms with van der Waals surface area (Å²) in [5.74, 6) is -0.102. The van der Waals surface area contributed by atoms with Crippen molar-refractivity contribution in [1.29, 1.82) is 0 Å². The number of carbonyl (C=O) groups excluding carboxylic acids is 1. The predicted molar refractivity (Wildman–Crippen MR) is 80.9 cm³/mol. The largest absolute Gasteiger partial charge is 0.460 e. The van der Waals surface area contributed by atoms with Crippen molar-refractivity contribution in [2.45, 2.75) is 60.5 Å². The van der Waals surface area contributed by atoms with E-state index in [-0.39, 0.29) is 11.4 Å². The summed E-state index contributed by atoms with van der Waals surface area (Å²) in [6.07, 6.45) is 3.06. The normalized spacial score (nSPS) is 10.4. The zero-order valence-corrected chi connectivity index (χ0v) is 13.0. The SMILES string of the molecule is CC.CCCCC(C)(C)C(=O)OCc1ccccc1. The maximum absolute atomic E-state index is 11.9. The fourth-order valence-electron chi connectivity index (χ4n) is 1.64. The van der Waals surface area contributed by atoms with Crippen molar-refractivity contribution in [2.24, 2.45) is 5.41 Å². The van der Waals surface area contributed by atoms with Crippen LogP contribution in [0, 0.1) is 5.41 Å². The van der Waals surface area contributed by atoms with Crippen LogP contribution < -0.4 is 0 Å². The number of benzene rings is 1. The van der Waals surface area contributed by atoms with Gasteiger partial charge in [0.2, 0.25) is 0 Å². The van der Waals surface area contributed by atoms with Crippen LogP contribution in [0.2, 0.25) is 0 Å². The fourth-order valence-corrected chi connectivity index (χ4v) is 1.64. The summed E-state index contributed by atoms with van der Waals surface area (Å²) in [6.45, 7) is 10.4.